The average Bonchev–Trinajstić information content (AvgIpc) is 2.69. The molecule has 1 aromatic carbocycles. The van der Waals surface area contributed by atoms with E-state index in [1.54, 1.807) is 6.08 Å². The Kier molecular flexibility index (Phi) is 3.30. The Morgan fingerprint density at radius 3 is 2.94 bits per heavy atom. The minimum atomic E-state index is 0.142. The van der Waals surface area contributed by atoms with Gasteiger partial charge in [-0.1, -0.05) is 44.0 Å². The van der Waals surface area contributed by atoms with Crippen LogP contribution in [0.4, 0.5) is 0 Å². The average molecular weight is 226 g/mol. The van der Waals surface area contributed by atoms with Crippen LogP contribution in [0.3, 0.4) is 0 Å². The van der Waals surface area contributed by atoms with Gasteiger partial charge in [0, 0.05) is 13.0 Å². The Hall–Kier alpha value is -1.60. The van der Waals surface area contributed by atoms with E-state index < -0.39 is 0 Å². The first-order chi connectivity index (χ1) is 8.19. The number of rotatable bonds is 4. The monoisotopic (exact) mass is 226 g/mol. The fraction of sp³-hybridized carbons (Fsp3) is 0.250. The highest BCUT2D eigenvalue weighted by Gasteiger charge is 2.23. The number of benzene rings is 1. The van der Waals surface area contributed by atoms with Crippen molar-refractivity contribution >= 4 is 12.2 Å². The van der Waals surface area contributed by atoms with Crippen LogP contribution in [0.2, 0.25) is 0 Å². The van der Waals surface area contributed by atoms with Crippen molar-refractivity contribution in [3.05, 3.63) is 59.0 Å². The van der Waals surface area contributed by atoms with E-state index in [4.69, 9.17) is 4.74 Å². The zero-order valence-electron chi connectivity index (χ0n) is 10.3. The molecule has 0 aliphatic heterocycles. The maximum absolute atomic E-state index is 5.79. The topological polar surface area (TPSA) is 9.23 Å². The minimum absolute atomic E-state index is 0.142. The molecule has 0 bridgehead atoms. The van der Waals surface area contributed by atoms with Crippen molar-refractivity contribution in [2.75, 3.05) is 6.61 Å². The van der Waals surface area contributed by atoms with Gasteiger partial charge in [-0.3, -0.25) is 0 Å². The lowest BCUT2D eigenvalue weighted by Gasteiger charge is -2.12. The summed E-state index contributed by atoms with van der Waals surface area (Å²) in [5, 5.41) is 2.25. The molecule has 0 saturated heterocycles. The second-order valence-electron chi connectivity index (χ2n) is 4.24. The highest BCUT2D eigenvalue weighted by Crippen LogP contribution is 2.31. The molecular formula is C16H18O. The van der Waals surface area contributed by atoms with Crippen LogP contribution in [-0.2, 0) is 4.74 Å². The fourth-order valence-corrected chi connectivity index (χ4v) is 2.42. The zero-order valence-corrected chi connectivity index (χ0v) is 10.3. The van der Waals surface area contributed by atoms with Gasteiger partial charge >= 0.3 is 0 Å². The highest BCUT2D eigenvalue weighted by atomic mass is 16.5. The smallest absolute Gasteiger partial charge is 0.0871 e. The largest absolute Gasteiger partial charge is 0.373 e. The lowest BCUT2D eigenvalue weighted by molar-refractivity contribution is 0.0690. The predicted molar refractivity (Wildman–Crippen MR) is 72.9 cm³/mol. The van der Waals surface area contributed by atoms with E-state index in [1.807, 2.05) is 19.1 Å². The van der Waals surface area contributed by atoms with E-state index in [9.17, 15) is 0 Å². The number of hydrogen-bond donors (Lipinski definition) is 0. The molecule has 0 N–H and O–H groups in total. The van der Waals surface area contributed by atoms with Crippen molar-refractivity contribution in [1.29, 1.82) is 0 Å². The van der Waals surface area contributed by atoms with E-state index >= 15 is 0 Å². The van der Waals surface area contributed by atoms with E-state index in [0.717, 1.165) is 23.8 Å². The Labute approximate surface area is 102 Å². The molecular weight excluding hydrogens is 208 g/mol. The number of hydrogen-bond acceptors (Lipinski definition) is 1. The third kappa shape index (κ3) is 1.98. The van der Waals surface area contributed by atoms with Crippen LogP contribution < -0.4 is 10.4 Å². The molecule has 1 atom stereocenters. The van der Waals surface area contributed by atoms with Crippen LogP contribution in [0.1, 0.15) is 25.0 Å². The molecule has 0 heterocycles. The Morgan fingerprint density at radius 2 is 2.29 bits per heavy atom. The lowest BCUT2D eigenvalue weighted by Crippen LogP contribution is -2.27. The Bertz CT molecular complexity index is 566. The van der Waals surface area contributed by atoms with Gasteiger partial charge in [-0.15, -0.1) is 0 Å². The quantitative estimate of drug-likeness (QED) is 0.717. The summed E-state index contributed by atoms with van der Waals surface area (Å²) in [4.78, 5) is 0. The van der Waals surface area contributed by atoms with Crippen LogP contribution in [0.15, 0.2) is 43.0 Å². The van der Waals surface area contributed by atoms with Crippen LogP contribution in [0.5, 0.6) is 0 Å². The molecule has 0 aromatic heterocycles. The van der Waals surface area contributed by atoms with Gasteiger partial charge in [-0.05, 0) is 34.1 Å². The highest BCUT2D eigenvalue weighted by molar-refractivity contribution is 5.71. The van der Waals surface area contributed by atoms with Crippen molar-refractivity contribution in [2.45, 2.75) is 19.4 Å². The molecule has 0 amide bonds. The number of allylic oxidation sites excluding steroid dienone is 2. The maximum atomic E-state index is 5.79. The molecule has 0 spiro atoms. The molecule has 1 aliphatic rings. The van der Waals surface area contributed by atoms with Gasteiger partial charge in [0.05, 0.1) is 6.10 Å². The standard InChI is InChI=1S/C16H18O/c1-5-11(3)14-10-15(17-6-2)13-9-7-8-12(4)16(13)14/h5,7-9,15H,1,3-4,6,10H2,2H3. The number of fused-ring (bicyclic) bond motifs is 1. The first-order valence-corrected chi connectivity index (χ1v) is 5.93. The SMILES string of the molecule is C=CC(=C)C1=c2c(cccc2=C)C(OCC)C1. The summed E-state index contributed by atoms with van der Waals surface area (Å²) in [6.07, 6.45) is 2.82. The van der Waals surface area contributed by atoms with Gasteiger partial charge in [0.15, 0.2) is 0 Å². The van der Waals surface area contributed by atoms with Crippen molar-refractivity contribution in [3.63, 3.8) is 0 Å². The molecule has 88 valence electrons. The molecule has 2 rings (SSSR count). The molecule has 1 nitrogen and oxygen atoms in total. The summed E-state index contributed by atoms with van der Waals surface area (Å²) in [5.74, 6) is 0. The van der Waals surface area contributed by atoms with Gasteiger partial charge in [-0.2, -0.15) is 0 Å². The fourth-order valence-electron chi connectivity index (χ4n) is 2.42. The van der Waals surface area contributed by atoms with Crippen LogP contribution in [0.25, 0.3) is 12.2 Å². The summed E-state index contributed by atoms with van der Waals surface area (Å²) in [5.41, 5.74) is 3.43. The van der Waals surface area contributed by atoms with Crippen molar-refractivity contribution in [1.82, 2.24) is 0 Å². The van der Waals surface area contributed by atoms with Crippen LogP contribution in [0, 0.1) is 0 Å². The van der Waals surface area contributed by atoms with Crippen LogP contribution >= 0.6 is 0 Å². The Balaban J connectivity index is 2.64. The second kappa shape index (κ2) is 4.72. The molecule has 1 unspecified atom stereocenters. The summed E-state index contributed by atoms with van der Waals surface area (Å²) >= 11 is 0. The van der Waals surface area contributed by atoms with Gasteiger partial charge < -0.3 is 4.74 Å². The molecule has 17 heavy (non-hydrogen) atoms. The van der Waals surface area contributed by atoms with E-state index in [0.29, 0.717) is 0 Å². The molecule has 0 fully saturated rings. The lowest BCUT2D eigenvalue weighted by atomic mass is 10.1. The van der Waals surface area contributed by atoms with E-state index in [1.165, 1.54) is 16.4 Å². The van der Waals surface area contributed by atoms with Crippen molar-refractivity contribution in [3.8, 4) is 0 Å². The summed E-state index contributed by atoms with van der Waals surface area (Å²) in [6.45, 7) is 14.7. The summed E-state index contributed by atoms with van der Waals surface area (Å²) in [7, 11) is 0. The molecule has 1 aromatic rings. The van der Waals surface area contributed by atoms with E-state index in [2.05, 4.69) is 25.8 Å². The van der Waals surface area contributed by atoms with Gasteiger partial charge in [0.1, 0.15) is 0 Å². The summed E-state index contributed by atoms with van der Waals surface area (Å²) < 4.78 is 5.79. The normalized spacial score (nSPS) is 17.9. The van der Waals surface area contributed by atoms with Gasteiger partial charge in [0.25, 0.3) is 0 Å². The molecule has 1 aliphatic carbocycles. The number of ether oxygens (including phenoxy) is 1. The van der Waals surface area contributed by atoms with E-state index in [-0.39, 0.29) is 6.10 Å². The third-order valence-electron chi connectivity index (χ3n) is 3.22. The molecule has 0 radical (unpaired) electrons. The first-order valence-electron chi connectivity index (χ1n) is 5.93. The van der Waals surface area contributed by atoms with Gasteiger partial charge in [0.2, 0.25) is 0 Å². The third-order valence-corrected chi connectivity index (χ3v) is 3.22. The maximum Gasteiger partial charge on any atom is 0.0871 e. The van der Waals surface area contributed by atoms with Gasteiger partial charge in [-0.25, -0.2) is 0 Å². The van der Waals surface area contributed by atoms with Crippen molar-refractivity contribution < 1.29 is 4.74 Å². The molecule has 0 saturated carbocycles. The first kappa shape index (κ1) is 11.9. The second-order valence-corrected chi connectivity index (χ2v) is 4.24. The predicted octanol–water partition coefficient (Wildman–Crippen LogP) is 2.47. The zero-order chi connectivity index (χ0) is 12.4. The molecule has 1 heteroatoms. The van der Waals surface area contributed by atoms with Crippen LogP contribution in [-0.4, -0.2) is 6.61 Å². The Morgan fingerprint density at radius 1 is 1.53 bits per heavy atom. The summed E-state index contributed by atoms with van der Waals surface area (Å²) in [6, 6.07) is 6.18. The van der Waals surface area contributed by atoms with Crippen molar-refractivity contribution in [2.24, 2.45) is 0 Å². The minimum Gasteiger partial charge on any atom is -0.373 e.